The molecule has 8 heteroatoms. The zero-order chi connectivity index (χ0) is 16.9. The molecule has 0 aliphatic carbocycles. The summed E-state index contributed by atoms with van der Waals surface area (Å²) in [4.78, 5) is 12.0. The first-order chi connectivity index (χ1) is 11.6. The van der Waals surface area contributed by atoms with Gasteiger partial charge in [-0.15, -0.1) is 0 Å². The number of halogens is 1. The van der Waals surface area contributed by atoms with Crippen molar-refractivity contribution in [2.24, 2.45) is 0 Å². The minimum absolute atomic E-state index is 0.156. The topological polar surface area (TPSA) is 74.0 Å². The molecule has 0 saturated carbocycles. The van der Waals surface area contributed by atoms with Crippen LogP contribution in [0.15, 0.2) is 48.9 Å². The van der Waals surface area contributed by atoms with E-state index in [1.807, 2.05) is 25.1 Å². The zero-order valence-electron chi connectivity index (χ0n) is 13.0. The van der Waals surface area contributed by atoms with E-state index in [1.54, 1.807) is 40.1 Å². The Bertz CT molecular complexity index is 842. The predicted octanol–water partition coefficient (Wildman–Crippen LogP) is 2.72. The van der Waals surface area contributed by atoms with E-state index in [0.717, 1.165) is 5.69 Å². The molecule has 0 unspecified atom stereocenters. The minimum Gasteiger partial charge on any atom is -0.471 e. The maximum Gasteiger partial charge on any atom is 0.246 e. The number of nitrogens with zero attached hydrogens (tertiary/aromatic N) is 4. The number of anilines is 1. The fourth-order valence-electron chi connectivity index (χ4n) is 2.10. The summed E-state index contributed by atoms with van der Waals surface area (Å²) in [5.41, 5.74) is 1.52. The number of ether oxygens (including phenoxy) is 1. The summed E-state index contributed by atoms with van der Waals surface area (Å²) in [5, 5.41) is 11.6. The first-order valence-corrected chi connectivity index (χ1v) is 7.67. The largest absolute Gasteiger partial charge is 0.471 e. The van der Waals surface area contributed by atoms with Crippen molar-refractivity contribution in [2.75, 3.05) is 5.32 Å². The summed E-state index contributed by atoms with van der Waals surface area (Å²) in [6.45, 7) is 2.27. The number of amides is 1. The van der Waals surface area contributed by atoms with E-state index in [0.29, 0.717) is 16.5 Å². The predicted molar refractivity (Wildman–Crippen MR) is 89.9 cm³/mol. The molecule has 1 amide bonds. The number of hydrogen-bond acceptors (Lipinski definition) is 4. The van der Waals surface area contributed by atoms with Crippen molar-refractivity contribution >= 4 is 23.2 Å². The molecule has 0 bridgehead atoms. The van der Waals surface area contributed by atoms with Crippen LogP contribution in [0.5, 0.6) is 5.75 Å². The Morgan fingerprint density at radius 2 is 2.21 bits per heavy atom. The number of nitrogens with one attached hydrogen (secondary N) is 1. The number of carbonyl (C=O) groups is 1. The highest BCUT2D eigenvalue weighted by Crippen LogP contribution is 2.17. The standard InChI is InChI=1S/C16H16ClN5O2/c1-12-5-6-18-22(12)10-16(23)20-14-8-19-21(9-14)11-24-15-4-2-3-13(17)7-15/h2-9H,10-11H2,1H3,(H,20,23). The molecule has 0 saturated heterocycles. The quantitative estimate of drug-likeness (QED) is 0.745. The molecule has 24 heavy (non-hydrogen) atoms. The van der Waals surface area contributed by atoms with Crippen LogP contribution in [-0.2, 0) is 18.1 Å². The molecule has 0 aliphatic heterocycles. The van der Waals surface area contributed by atoms with Crippen molar-refractivity contribution in [2.45, 2.75) is 20.2 Å². The second-order valence-electron chi connectivity index (χ2n) is 5.18. The van der Waals surface area contributed by atoms with Crippen molar-refractivity contribution in [3.05, 3.63) is 59.6 Å². The molecule has 1 N–H and O–H groups in total. The second-order valence-corrected chi connectivity index (χ2v) is 5.61. The van der Waals surface area contributed by atoms with E-state index >= 15 is 0 Å². The molecular weight excluding hydrogens is 330 g/mol. The van der Waals surface area contributed by atoms with E-state index in [4.69, 9.17) is 16.3 Å². The Labute approximate surface area is 143 Å². The number of aromatic nitrogens is 4. The molecule has 0 spiro atoms. The van der Waals surface area contributed by atoms with Gasteiger partial charge < -0.3 is 10.1 Å². The minimum atomic E-state index is -0.169. The average Bonchev–Trinajstić information content (AvgIpc) is 3.15. The summed E-state index contributed by atoms with van der Waals surface area (Å²) in [6.07, 6.45) is 4.92. The van der Waals surface area contributed by atoms with Gasteiger partial charge in [-0.1, -0.05) is 17.7 Å². The number of aryl methyl sites for hydroxylation is 1. The maximum atomic E-state index is 12.0. The van der Waals surface area contributed by atoms with Crippen molar-refractivity contribution in [1.82, 2.24) is 19.6 Å². The molecule has 3 rings (SSSR count). The van der Waals surface area contributed by atoms with Gasteiger partial charge in [0.1, 0.15) is 12.3 Å². The Balaban J connectivity index is 1.53. The van der Waals surface area contributed by atoms with Gasteiger partial charge in [0.2, 0.25) is 5.91 Å². The SMILES string of the molecule is Cc1ccnn1CC(=O)Nc1cnn(COc2cccc(Cl)c2)c1. The lowest BCUT2D eigenvalue weighted by molar-refractivity contribution is -0.116. The van der Waals surface area contributed by atoms with Crippen molar-refractivity contribution in [3.8, 4) is 5.75 Å². The third kappa shape index (κ3) is 4.14. The highest BCUT2D eigenvalue weighted by atomic mass is 35.5. The molecule has 0 aliphatic rings. The lowest BCUT2D eigenvalue weighted by Gasteiger charge is -2.06. The number of hydrogen-bond donors (Lipinski definition) is 1. The van der Waals surface area contributed by atoms with Crippen LogP contribution in [0.4, 0.5) is 5.69 Å². The van der Waals surface area contributed by atoms with Crippen LogP contribution in [0, 0.1) is 6.92 Å². The third-order valence-electron chi connectivity index (χ3n) is 3.30. The van der Waals surface area contributed by atoms with Crippen LogP contribution in [0.1, 0.15) is 5.69 Å². The lowest BCUT2D eigenvalue weighted by atomic mass is 10.3. The van der Waals surface area contributed by atoms with Crippen LogP contribution in [0.2, 0.25) is 5.02 Å². The number of carbonyl (C=O) groups excluding carboxylic acids is 1. The van der Waals surface area contributed by atoms with Gasteiger partial charge in [0.05, 0.1) is 18.1 Å². The summed E-state index contributed by atoms with van der Waals surface area (Å²) in [7, 11) is 0. The molecule has 124 valence electrons. The van der Waals surface area contributed by atoms with Crippen LogP contribution in [0.25, 0.3) is 0 Å². The molecule has 3 aromatic rings. The first kappa shape index (κ1) is 16.1. The van der Waals surface area contributed by atoms with Gasteiger partial charge in [0, 0.05) is 16.9 Å². The van der Waals surface area contributed by atoms with Gasteiger partial charge in [0.15, 0.2) is 6.73 Å². The van der Waals surface area contributed by atoms with Gasteiger partial charge in [-0.2, -0.15) is 10.2 Å². The summed E-state index contributed by atoms with van der Waals surface area (Å²) in [5.74, 6) is 0.481. The van der Waals surface area contributed by atoms with Crippen LogP contribution in [0.3, 0.4) is 0 Å². The van der Waals surface area contributed by atoms with Gasteiger partial charge in [-0.25, -0.2) is 4.68 Å². The van der Waals surface area contributed by atoms with E-state index in [1.165, 1.54) is 0 Å². The number of rotatable bonds is 6. The Kier molecular flexibility index (Phi) is 4.81. The van der Waals surface area contributed by atoms with E-state index in [9.17, 15) is 4.79 Å². The van der Waals surface area contributed by atoms with E-state index in [-0.39, 0.29) is 19.2 Å². The fourth-order valence-corrected chi connectivity index (χ4v) is 2.28. The fraction of sp³-hybridized carbons (Fsp3) is 0.188. The van der Waals surface area contributed by atoms with Crippen molar-refractivity contribution < 1.29 is 9.53 Å². The van der Waals surface area contributed by atoms with E-state index < -0.39 is 0 Å². The molecule has 0 fully saturated rings. The smallest absolute Gasteiger partial charge is 0.246 e. The highest BCUT2D eigenvalue weighted by molar-refractivity contribution is 6.30. The molecule has 2 heterocycles. The third-order valence-corrected chi connectivity index (χ3v) is 3.53. The average molecular weight is 346 g/mol. The molecule has 7 nitrogen and oxygen atoms in total. The maximum absolute atomic E-state index is 12.0. The molecule has 1 aromatic carbocycles. The van der Waals surface area contributed by atoms with Crippen molar-refractivity contribution in [1.29, 1.82) is 0 Å². The number of benzene rings is 1. The van der Waals surface area contributed by atoms with Gasteiger partial charge in [-0.3, -0.25) is 9.48 Å². The summed E-state index contributed by atoms with van der Waals surface area (Å²) >= 11 is 5.90. The Hall–Kier alpha value is -2.80. The van der Waals surface area contributed by atoms with Crippen LogP contribution < -0.4 is 10.1 Å². The van der Waals surface area contributed by atoms with Gasteiger partial charge in [-0.05, 0) is 31.2 Å². The van der Waals surface area contributed by atoms with Crippen LogP contribution >= 0.6 is 11.6 Å². The van der Waals surface area contributed by atoms with Crippen molar-refractivity contribution in [3.63, 3.8) is 0 Å². The monoisotopic (exact) mass is 345 g/mol. The first-order valence-electron chi connectivity index (χ1n) is 7.29. The molecule has 2 aromatic heterocycles. The molecule has 0 atom stereocenters. The molecule has 0 radical (unpaired) electrons. The molecular formula is C16H16ClN5O2. The summed E-state index contributed by atoms with van der Waals surface area (Å²) < 4.78 is 8.79. The summed E-state index contributed by atoms with van der Waals surface area (Å²) in [6, 6.07) is 8.96. The van der Waals surface area contributed by atoms with Crippen LogP contribution in [-0.4, -0.2) is 25.5 Å². The van der Waals surface area contributed by atoms with Gasteiger partial charge in [0.25, 0.3) is 0 Å². The Morgan fingerprint density at radius 1 is 1.33 bits per heavy atom. The lowest BCUT2D eigenvalue weighted by Crippen LogP contribution is -2.19. The second kappa shape index (κ2) is 7.18. The Morgan fingerprint density at radius 3 is 2.96 bits per heavy atom. The van der Waals surface area contributed by atoms with Gasteiger partial charge >= 0.3 is 0 Å². The van der Waals surface area contributed by atoms with E-state index in [2.05, 4.69) is 15.5 Å². The zero-order valence-corrected chi connectivity index (χ0v) is 13.8. The normalized spacial score (nSPS) is 10.6. The highest BCUT2D eigenvalue weighted by Gasteiger charge is 2.07.